The molecule has 15 heavy (non-hydrogen) atoms. The van der Waals surface area contributed by atoms with Gasteiger partial charge in [0.15, 0.2) is 0 Å². The molecular formula is C8H7ClN2O4. The Morgan fingerprint density at radius 1 is 1.60 bits per heavy atom. The van der Waals surface area contributed by atoms with E-state index in [4.69, 9.17) is 22.4 Å². The third-order valence-corrected chi connectivity index (χ3v) is 1.95. The van der Waals surface area contributed by atoms with Crippen LogP contribution in [0.4, 0.5) is 5.69 Å². The number of rotatable bonds is 3. The van der Waals surface area contributed by atoms with E-state index in [-0.39, 0.29) is 21.8 Å². The molecule has 0 spiro atoms. The lowest BCUT2D eigenvalue weighted by atomic mass is 10.1. The summed E-state index contributed by atoms with van der Waals surface area (Å²) in [6.45, 7) is -0.619. The quantitative estimate of drug-likeness (QED) is 0.464. The van der Waals surface area contributed by atoms with Crippen LogP contribution in [-0.4, -0.2) is 16.0 Å². The fourth-order valence-corrected chi connectivity index (χ4v) is 1.46. The number of halogens is 1. The fourth-order valence-electron chi connectivity index (χ4n) is 1.21. The minimum Gasteiger partial charge on any atom is -0.478 e. The van der Waals surface area contributed by atoms with Crippen LogP contribution in [0.25, 0.3) is 0 Å². The van der Waals surface area contributed by atoms with Gasteiger partial charge >= 0.3 is 5.97 Å². The Hall–Kier alpha value is -1.82. The summed E-state index contributed by atoms with van der Waals surface area (Å²) in [7, 11) is 0. The second kappa shape index (κ2) is 4.14. The van der Waals surface area contributed by atoms with Crippen molar-refractivity contribution < 1.29 is 14.8 Å². The first-order chi connectivity index (χ1) is 6.91. The highest BCUT2D eigenvalue weighted by Gasteiger charge is 2.18. The number of carboxylic acid groups (broad SMARTS) is 1. The lowest BCUT2D eigenvalue weighted by Crippen LogP contribution is -2.10. The summed E-state index contributed by atoms with van der Waals surface area (Å²) in [5.74, 6) is -1.30. The molecule has 0 aromatic heterocycles. The average molecular weight is 231 g/mol. The zero-order chi connectivity index (χ0) is 11.6. The molecule has 0 saturated carbocycles. The Morgan fingerprint density at radius 2 is 2.20 bits per heavy atom. The Labute approximate surface area is 89.4 Å². The lowest BCUT2D eigenvalue weighted by Gasteiger charge is -2.06. The maximum Gasteiger partial charge on any atom is 0.338 e. The summed E-state index contributed by atoms with van der Waals surface area (Å²) >= 11 is 5.61. The van der Waals surface area contributed by atoms with Gasteiger partial charge in [-0.05, 0) is 12.1 Å². The second-order valence-corrected chi connectivity index (χ2v) is 3.26. The molecule has 0 radical (unpaired) electrons. The van der Waals surface area contributed by atoms with Crippen LogP contribution in [0, 0.1) is 10.1 Å². The predicted molar refractivity (Wildman–Crippen MR) is 53.5 cm³/mol. The number of aromatic carboxylic acids is 1. The SMILES string of the molecule is Nc1cc(Cl)cc(C[N+](=O)[O-])c1C(=O)O. The van der Waals surface area contributed by atoms with Crippen molar-refractivity contribution >= 4 is 23.3 Å². The molecule has 0 amide bonds. The van der Waals surface area contributed by atoms with Crippen molar-refractivity contribution in [3.8, 4) is 0 Å². The zero-order valence-corrected chi connectivity index (χ0v) is 8.19. The van der Waals surface area contributed by atoms with Gasteiger partial charge in [-0.2, -0.15) is 0 Å². The van der Waals surface area contributed by atoms with Crippen molar-refractivity contribution in [3.63, 3.8) is 0 Å². The highest BCUT2D eigenvalue weighted by molar-refractivity contribution is 6.31. The molecular weight excluding hydrogens is 224 g/mol. The highest BCUT2D eigenvalue weighted by atomic mass is 35.5. The van der Waals surface area contributed by atoms with Gasteiger partial charge in [0.2, 0.25) is 6.54 Å². The number of hydrogen-bond donors (Lipinski definition) is 2. The van der Waals surface area contributed by atoms with Gasteiger partial charge in [-0.25, -0.2) is 4.79 Å². The van der Waals surface area contributed by atoms with Crippen molar-refractivity contribution in [3.05, 3.63) is 38.4 Å². The van der Waals surface area contributed by atoms with Gasteiger partial charge in [0, 0.05) is 21.2 Å². The van der Waals surface area contributed by atoms with E-state index in [2.05, 4.69) is 0 Å². The minimum absolute atomic E-state index is 0.00231. The van der Waals surface area contributed by atoms with Crippen LogP contribution < -0.4 is 5.73 Å². The number of nitro groups is 1. The number of nitrogen functional groups attached to an aromatic ring is 1. The summed E-state index contributed by atoms with van der Waals surface area (Å²) in [5.41, 5.74) is 5.06. The van der Waals surface area contributed by atoms with Crippen LogP contribution >= 0.6 is 11.6 Å². The smallest absolute Gasteiger partial charge is 0.338 e. The number of nitrogens with zero attached hydrogens (tertiary/aromatic N) is 1. The van der Waals surface area contributed by atoms with Crippen molar-refractivity contribution in [1.29, 1.82) is 0 Å². The van der Waals surface area contributed by atoms with Gasteiger partial charge in [-0.15, -0.1) is 0 Å². The van der Waals surface area contributed by atoms with Gasteiger partial charge in [0.1, 0.15) is 0 Å². The van der Waals surface area contributed by atoms with Crippen LogP contribution in [0.3, 0.4) is 0 Å². The number of nitrogens with two attached hydrogens (primary N) is 1. The Morgan fingerprint density at radius 3 is 2.67 bits per heavy atom. The highest BCUT2D eigenvalue weighted by Crippen LogP contribution is 2.23. The molecule has 0 heterocycles. The molecule has 0 aliphatic rings. The minimum atomic E-state index is -1.30. The molecule has 1 aromatic rings. The fraction of sp³-hybridized carbons (Fsp3) is 0.125. The second-order valence-electron chi connectivity index (χ2n) is 2.83. The molecule has 7 heteroatoms. The molecule has 0 aliphatic heterocycles. The first-order valence-corrected chi connectivity index (χ1v) is 4.22. The third-order valence-electron chi connectivity index (χ3n) is 1.73. The van der Waals surface area contributed by atoms with E-state index in [1.165, 1.54) is 12.1 Å². The molecule has 3 N–H and O–H groups in total. The molecule has 0 fully saturated rings. The van der Waals surface area contributed by atoms with Crippen LogP contribution in [0.1, 0.15) is 15.9 Å². The standard InChI is InChI=1S/C8H7ClN2O4/c9-5-1-4(3-11(14)15)7(8(12)13)6(10)2-5/h1-2H,3,10H2,(H,12,13). The topological polar surface area (TPSA) is 106 Å². The molecule has 80 valence electrons. The zero-order valence-electron chi connectivity index (χ0n) is 7.44. The normalized spacial score (nSPS) is 9.93. The van der Waals surface area contributed by atoms with Crippen LogP contribution in [0.2, 0.25) is 5.02 Å². The van der Waals surface area contributed by atoms with Gasteiger partial charge in [0.25, 0.3) is 0 Å². The lowest BCUT2D eigenvalue weighted by molar-refractivity contribution is -0.496. The predicted octanol–water partition coefficient (Wildman–Crippen LogP) is 1.40. The number of benzene rings is 1. The van der Waals surface area contributed by atoms with Crippen molar-refractivity contribution in [2.45, 2.75) is 6.54 Å². The summed E-state index contributed by atoms with van der Waals surface area (Å²) in [5, 5.41) is 19.3. The van der Waals surface area contributed by atoms with E-state index in [0.29, 0.717) is 0 Å². The van der Waals surface area contributed by atoms with E-state index < -0.39 is 17.4 Å². The number of hydrogen-bond acceptors (Lipinski definition) is 4. The molecule has 0 saturated heterocycles. The molecule has 0 atom stereocenters. The Balaban J connectivity index is 3.33. The molecule has 1 rings (SSSR count). The monoisotopic (exact) mass is 230 g/mol. The number of carboxylic acids is 1. The summed E-state index contributed by atoms with van der Waals surface area (Å²) < 4.78 is 0. The van der Waals surface area contributed by atoms with E-state index in [0.717, 1.165) is 0 Å². The van der Waals surface area contributed by atoms with E-state index >= 15 is 0 Å². The van der Waals surface area contributed by atoms with Gasteiger partial charge in [-0.3, -0.25) is 10.1 Å². The van der Waals surface area contributed by atoms with E-state index in [9.17, 15) is 14.9 Å². The maximum absolute atomic E-state index is 10.8. The molecule has 1 aromatic carbocycles. The van der Waals surface area contributed by atoms with Crippen LogP contribution in [-0.2, 0) is 6.54 Å². The van der Waals surface area contributed by atoms with Gasteiger partial charge in [-0.1, -0.05) is 11.6 Å². The van der Waals surface area contributed by atoms with Crippen LogP contribution in [0.15, 0.2) is 12.1 Å². The van der Waals surface area contributed by atoms with Crippen molar-refractivity contribution in [2.75, 3.05) is 5.73 Å². The Bertz CT molecular complexity index is 433. The summed E-state index contributed by atoms with van der Waals surface area (Å²) in [6.07, 6.45) is 0. The van der Waals surface area contributed by atoms with Crippen LogP contribution in [0.5, 0.6) is 0 Å². The van der Waals surface area contributed by atoms with Gasteiger partial charge < -0.3 is 10.8 Å². The first-order valence-electron chi connectivity index (χ1n) is 3.85. The number of carbonyl (C=O) groups is 1. The summed E-state index contributed by atoms with van der Waals surface area (Å²) in [6, 6.07) is 2.47. The largest absolute Gasteiger partial charge is 0.478 e. The third kappa shape index (κ3) is 2.57. The summed E-state index contributed by atoms with van der Waals surface area (Å²) in [4.78, 5) is 20.4. The number of anilines is 1. The Kier molecular flexibility index (Phi) is 3.11. The first kappa shape index (κ1) is 11.3. The maximum atomic E-state index is 10.8. The van der Waals surface area contributed by atoms with E-state index in [1.54, 1.807) is 0 Å². The molecule has 0 bridgehead atoms. The molecule has 6 nitrogen and oxygen atoms in total. The van der Waals surface area contributed by atoms with Crippen molar-refractivity contribution in [2.24, 2.45) is 0 Å². The molecule has 0 unspecified atom stereocenters. The van der Waals surface area contributed by atoms with Crippen molar-refractivity contribution in [1.82, 2.24) is 0 Å². The van der Waals surface area contributed by atoms with E-state index in [1.807, 2.05) is 0 Å². The molecule has 0 aliphatic carbocycles. The van der Waals surface area contributed by atoms with Gasteiger partial charge in [0.05, 0.1) is 5.56 Å². The average Bonchev–Trinajstić information content (AvgIpc) is 1.99.